The average molecular weight is 508 g/mol. The summed E-state index contributed by atoms with van der Waals surface area (Å²) in [5.41, 5.74) is 1.19. The normalized spacial score (nSPS) is 20.4. The number of anilines is 1. The molecule has 1 N–H and O–H groups in total. The number of piperidine rings is 1. The van der Waals surface area contributed by atoms with Crippen LogP contribution in [-0.2, 0) is 10.0 Å². The van der Waals surface area contributed by atoms with Crippen molar-refractivity contribution in [3.8, 4) is 0 Å². The fourth-order valence-corrected chi connectivity index (χ4v) is 6.94. The van der Waals surface area contributed by atoms with Crippen LogP contribution in [0.5, 0.6) is 0 Å². The largest absolute Gasteiger partial charge is 0.298 e. The molecule has 0 aliphatic carbocycles. The van der Waals surface area contributed by atoms with E-state index in [0.29, 0.717) is 35.6 Å². The Balaban J connectivity index is 1.50. The molecule has 2 heterocycles. The van der Waals surface area contributed by atoms with Gasteiger partial charge in [-0.3, -0.25) is 10.1 Å². The van der Waals surface area contributed by atoms with Crippen molar-refractivity contribution in [1.82, 2.24) is 9.29 Å². The van der Waals surface area contributed by atoms with E-state index >= 15 is 0 Å². The molecule has 9 heteroatoms. The first-order valence-electron chi connectivity index (χ1n) is 9.70. The highest BCUT2D eigenvalue weighted by molar-refractivity contribution is 9.10. The predicted molar refractivity (Wildman–Crippen MR) is 123 cm³/mol. The minimum Gasteiger partial charge on any atom is -0.298 e. The summed E-state index contributed by atoms with van der Waals surface area (Å²) in [5.74, 6) is 0.350. The number of carbonyl (C=O) groups excluding carboxylic acids is 1. The molecule has 0 saturated carbocycles. The molecule has 1 amide bonds. The highest BCUT2D eigenvalue weighted by atomic mass is 79.9. The number of rotatable bonds is 4. The zero-order valence-corrected chi connectivity index (χ0v) is 19.9. The number of aromatic nitrogens is 1. The van der Waals surface area contributed by atoms with E-state index in [1.807, 2.05) is 18.2 Å². The van der Waals surface area contributed by atoms with E-state index < -0.39 is 10.0 Å². The third-order valence-electron chi connectivity index (χ3n) is 5.16. The van der Waals surface area contributed by atoms with E-state index in [1.54, 1.807) is 16.4 Å². The molecule has 0 unspecified atom stereocenters. The minimum absolute atomic E-state index is 0.213. The SMILES string of the molecule is C[C@@H]1C[C@@H](C)CN(S(=O)(=O)c2ccc(C(=O)Nc3nc4ccc(Br)cc4s3)cc2)C1. The number of carbonyl (C=O) groups is 1. The van der Waals surface area contributed by atoms with Gasteiger partial charge in [0.2, 0.25) is 10.0 Å². The molecular formula is C21H22BrN3O3S2. The molecule has 2 atom stereocenters. The predicted octanol–water partition coefficient (Wildman–Crippen LogP) is 4.98. The lowest BCUT2D eigenvalue weighted by Gasteiger charge is -2.34. The smallest absolute Gasteiger partial charge is 0.257 e. The molecular weight excluding hydrogens is 486 g/mol. The molecule has 4 rings (SSSR count). The number of hydrogen-bond donors (Lipinski definition) is 1. The van der Waals surface area contributed by atoms with Gasteiger partial charge in [0.05, 0.1) is 15.1 Å². The first-order chi connectivity index (χ1) is 14.2. The van der Waals surface area contributed by atoms with Crippen molar-refractivity contribution in [3.63, 3.8) is 0 Å². The number of benzene rings is 2. The Kier molecular flexibility index (Phi) is 5.98. The third kappa shape index (κ3) is 4.44. The van der Waals surface area contributed by atoms with E-state index in [0.717, 1.165) is 21.1 Å². The lowest BCUT2D eigenvalue weighted by Crippen LogP contribution is -2.42. The Morgan fingerprint density at radius 3 is 2.47 bits per heavy atom. The van der Waals surface area contributed by atoms with E-state index in [1.165, 1.54) is 23.5 Å². The molecule has 158 valence electrons. The second-order valence-corrected chi connectivity index (χ2v) is 11.8. The summed E-state index contributed by atoms with van der Waals surface area (Å²) in [6, 6.07) is 11.8. The van der Waals surface area contributed by atoms with Gasteiger partial charge in [0.1, 0.15) is 0 Å². The summed E-state index contributed by atoms with van der Waals surface area (Å²) in [5, 5.41) is 3.29. The van der Waals surface area contributed by atoms with Gasteiger partial charge in [-0.25, -0.2) is 13.4 Å². The van der Waals surface area contributed by atoms with Crippen LogP contribution < -0.4 is 5.32 Å². The highest BCUT2D eigenvalue weighted by Gasteiger charge is 2.31. The van der Waals surface area contributed by atoms with Gasteiger partial charge >= 0.3 is 0 Å². The van der Waals surface area contributed by atoms with Crippen molar-refractivity contribution in [2.24, 2.45) is 11.8 Å². The number of hydrogen-bond acceptors (Lipinski definition) is 5. The van der Waals surface area contributed by atoms with Crippen molar-refractivity contribution in [2.75, 3.05) is 18.4 Å². The van der Waals surface area contributed by atoms with Gasteiger partial charge in [0.25, 0.3) is 5.91 Å². The maximum Gasteiger partial charge on any atom is 0.257 e. The summed E-state index contributed by atoms with van der Waals surface area (Å²) >= 11 is 4.81. The second-order valence-electron chi connectivity index (χ2n) is 7.88. The number of fused-ring (bicyclic) bond motifs is 1. The quantitative estimate of drug-likeness (QED) is 0.539. The average Bonchev–Trinajstić information content (AvgIpc) is 3.08. The third-order valence-corrected chi connectivity index (χ3v) is 8.43. The molecule has 1 aromatic heterocycles. The van der Waals surface area contributed by atoms with Crippen LogP contribution in [-0.4, -0.2) is 36.7 Å². The number of nitrogens with zero attached hydrogens (tertiary/aromatic N) is 2. The van der Waals surface area contributed by atoms with Crippen molar-refractivity contribution >= 4 is 58.5 Å². The Morgan fingerprint density at radius 2 is 1.80 bits per heavy atom. The molecule has 0 radical (unpaired) electrons. The zero-order valence-electron chi connectivity index (χ0n) is 16.6. The van der Waals surface area contributed by atoms with E-state index in [4.69, 9.17) is 0 Å². The minimum atomic E-state index is -3.56. The first-order valence-corrected chi connectivity index (χ1v) is 12.7. The molecule has 1 saturated heterocycles. The van der Waals surface area contributed by atoms with Gasteiger partial charge in [-0.2, -0.15) is 4.31 Å². The van der Waals surface area contributed by atoms with E-state index in [-0.39, 0.29) is 10.8 Å². The molecule has 1 aliphatic rings. The Bertz CT molecular complexity index is 1180. The van der Waals surface area contributed by atoms with Crippen LogP contribution in [0, 0.1) is 11.8 Å². The molecule has 30 heavy (non-hydrogen) atoms. The maximum atomic E-state index is 13.0. The lowest BCUT2D eigenvalue weighted by atomic mass is 9.94. The molecule has 6 nitrogen and oxygen atoms in total. The Hall–Kier alpha value is -1.81. The van der Waals surface area contributed by atoms with Crippen molar-refractivity contribution < 1.29 is 13.2 Å². The van der Waals surface area contributed by atoms with Crippen molar-refractivity contribution in [3.05, 3.63) is 52.5 Å². The van der Waals surface area contributed by atoms with Crippen LogP contribution in [0.4, 0.5) is 5.13 Å². The monoisotopic (exact) mass is 507 g/mol. The maximum absolute atomic E-state index is 13.0. The standard InChI is InChI=1S/C21H22BrN3O3S2/c1-13-9-14(2)12-25(11-13)30(27,28)17-6-3-15(4-7-17)20(26)24-21-23-18-8-5-16(22)10-19(18)29-21/h3-8,10,13-14H,9,11-12H2,1-2H3,(H,23,24,26)/t13-,14-/m1/s1. The Labute approximate surface area is 188 Å². The summed E-state index contributed by atoms with van der Waals surface area (Å²) in [4.78, 5) is 17.2. The molecule has 0 spiro atoms. The summed E-state index contributed by atoms with van der Waals surface area (Å²) in [6.45, 7) is 5.21. The number of amides is 1. The molecule has 0 bridgehead atoms. The van der Waals surface area contributed by atoms with Crippen LogP contribution in [0.1, 0.15) is 30.6 Å². The van der Waals surface area contributed by atoms with Crippen LogP contribution in [0.15, 0.2) is 51.8 Å². The highest BCUT2D eigenvalue weighted by Crippen LogP contribution is 2.29. The Morgan fingerprint density at radius 1 is 1.13 bits per heavy atom. The van der Waals surface area contributed by atoms with Crippen molar-refractivity contribution in [2.45, 2.75) is 25.2 Å². The van der Waals surface area contributed by atoms with Crippen LogP contribution >= 0.6 is 27.3 Å². The van der Waals surface area contributed by atoms with Gasteiger partial charge in [0, 0.05) is 23.1 Å². The summed E-state index contributed by atoms with van der Waals surface area (Å²) in [7, 11) is -3.56. The van der Waals surface area contributed by atoms with Gasteiger partial charge in [-0.05, 0) is 60.7 Å². The van der Waals surface area contributed by atoms with Crippen LogP contribution in [0.3, 0.4) is 0 Å². The number of thiazole rings is 1. The van der Waals surface area contributed by atoms with Crippen LogP contribution in [0.2, 0.25) is 0 Å². The van der Waals surface area contributed by atoms with Crippen LogP contribution in [0.25, 0.3) is 10.2 Å². The van der Waals surface area contributed by atoms with Gasteiger partial charge in [0.15, 0.2) is 5.13 Å². The number of nitrogens with one attached hydrogen (secondary N) is 1. The lowest BCUT2D eigenvalue weighted by molar-refractivity contribution is 0.102. The number of sulfonamides is 1. The fourth-order valence-electron chi connectivity index (χ4n) is 3.85. The van der Waals surface area contributed by atoms with E-state index in [9.17, 15) is 13.2 Å². The molecule has 1 fully saturated rings. The fraction of sp³-hybridized carbons (Fsp3) is 0.333. The van der Waals surface area contributed by atoms with Gasteiger partial charge in [-0.15, -0.1) is 0 Å². The van der Waals surface area contributed by atoms with Gasteiger partial charge < -0.3 is 0 Å². The van der Waals surface area contributed by atoms with Gasteiger partial charge in [-0.1, -0.05) is 41.1 Å². The zero-order chi connectivity index (χ0) is 21.5. The second kappa shape index (κ2) is 8.37. The summed E-state index contributed by atoms with van der Waals surface area (Å²) < 4.78 is 29.5. The molecule has 2 aromatic carbocycles. The first kappa shape index (κ1) is 21.4. The topological polar surface area (TPSA) is 79.4 Å². The van der Waals surface area contributed by atoms with Crippen molar-refractivity contribution in [1.29, 1.82) is 0 Å². The summed E-state index contributed by atoms with van der Waals surface area (Å²) in [6.07, 6.45) is 1.04. The molecule has 3 aromatic rings. The van der Waals surface area contributed by atoms with E-state index in [2.05, 4.69) is 40.1 Å². The number of halogens is 1. The molecule has 1 aliphatic heterocycles.